The summed E-state index contributed by atoms with van der Waals surface area (Å²) in [6.07, 6.45) is 4.67. The van der Waals surface area contributed by atoms with Crippen LogP contribution in [0.2, 0.25) is 0 Å². The molecular weight excluding hydrogens is 234 g/mol. The first-order valence-corrected chi connectivity index (χ1v) is 7.49. The Morgan fingerprint density at radius 1 is 1.47 bits per heavy atom. The Balaban J connectivity index is 1.77. The molecule has 2 saturated heterocycles. The summed E-state index contributed by atoms with van der Waals surface area (Å²) >= 11 is 1.73. The van der Waals surface area contributed by atoms with Crippen LogP contribution in [0.15, 0.2) is 4.99 Å². The van der Waals surface area contributed by atoms with Crippen molar-refractivity contribution in [3.05, 3.63) is 0 Å². The van der Waals surface area contributed by atoms with Crippen LogP contribution in [0.4, 0.5) is 0 Å². The van der Waals surface area contributed by atoms with Crippen molar-refractivity contribution < 1.29 is 4.79 Å². The summed E-state index contributed by atoms with van der Waals surface area (Å²) in [5.41, 5.74) is 0. The van der Waals surface area contributed by atoms with Gasteiger partial charge in [0.2, 0.25) is 5.91 Å². The Hall–Kier alpha value is -0.710. The molecule has 0 spiro atoms. The average molecular weight is 255 g/mol. The van der Waals surface area contributed by atoms with Gasteiger partial charge in [-0.15, -0.1) is 0 Å². The van der Waals surface area contributed by atoms with Crippen LogP contribution >= 0.6 is 11.8 Å². The van der Waals surface area contributed by atoms with Crippen LogP contribution in [0.25, 0.3) is 0 Å². The molecule has 2 rings (SSSR count). The number of aliphatic imine (C=N–C) groups is 1. The summed E-state index contributed by atoms with van der Waals surface area (Å²) in [4.78, 5) is 18.2. The van der Waals surface area contributed by atoms with Gasteiger partial charge in [0.15, 0.2) is 5.17 Å². The number of rotatable bonds is 3. The predicted molar refractivity (Wildman–Crippen MR) is 72.4 cm³/mol. The molecule has 96 valence electrons. The van der Waals surface area contributed by atoms with Crippen LogP contribution in [-0.2, 0) is 4.79 Å². The van der Waals surface area contributed by atoms with Gasteiger partial charge in [-0.05, 0) is 25.7 Å². The van der Waals surface area contributed by atoms with Crippen molar-refractivity contribution in [1.29, 1.82) is 0 Å². The molecule has 4 nitrogen and oxygen atoms in total. The van der Waals surface area contributed by atoms with Crippen molar-refractivity contribution in [2.75, 3.05) is 25.4 Å². The lowest BCUT2D eigenvalue weighted by Gasteiger charge is -2.26. The van der Waals surface area contributed by atoms with Crippen molar-refractivity contribution in [1.82, 2.24) is 10.2 Å². The number of hydrogen-bond donors (Lipinski definition) is 1. The van der Waals surface area contributed by atoms with Crippen LogP contribution in [0.5, 0.6) is 0 Å². The summed E-state index contributed by atoms with van der Waals surface area (Å²) in [6, 6.07) is 0.531. The lowest BCUT2D eigenvalue weighted by atomic mass is 10.1. The lowest BCUT2D eigenvalue weighted by molar-refractivity contribution is -0.130. The zero-order valence-electron chi connectivity index (χ0n) is 10.4. The van der Waals surface area contributed by atoms with E-state index in [0.29, 0.717) is 12.6 Å². The van der Waals surface area contributed by atoms with Gasteiger partial charge in [0.05, 0.1) is 0 Å². The SMILES string of the molecule is CCC1CSC(=NCC(=O)N2CCCCC2)N1. The number of nitrogens with zero attached hydrogens (tertiary/aromatic N) is 2. The largest absolute Gasteiger partial charge is 0.361 e. The number of likely N-dealkylation sites (tertiary alicyclic amines) is 1. The molecule has 0 aromatic rings. The molecule has 0 radical (unpaired) electrons. The number of amides is 1. The third kappa shape index (κ3) is 3.63. The number of amidine groups is 1. The molecule has 1 N–H and O–H groups in total. The molecular formula is C12H21N3OS. The van der Waals surface area contributed by atoms with Crippen LogP contribution in [-0.4, -0.2) is 47.4 Å². The minimum absolute atomic E-state index is 0.180. The van der Waals surface area contributed by atoms with E-state index in [-0.39, 0.29) is 5.91 Å². The topological polar surface area (TPSA) is 44.7 Å². The molecule has 1 unspecified atom stereocenters. The Kier molecular flexibility index (Phi) is 4.71. The van der Waals surface area contributed by atoms with E-state index in [2.05, 4.69) is 17.2 Å². The molecule has 0 aromatic heterocycles. The molecule has 2 fully saturated rings. The third-order valence-corrected chi connectivity index (χ3v) is 4.40. The first-order valence-electron chi connectivity index (χ1n) is 6.51. The van der Waals surface area contributed by atoms with E-state index >= 15 is 0 Å². The monoisotopic (exact) mass is 255 g/mol. The second-order valence-corrected chi connectivity index (χ2v) is 5.63. The van der Waals surface area contributed by atoms with Gasteiger partial charge in [-0.2, -0.15) is 0 Å². The zero-order chi connectivity index (χ0) is 12.1. The van der Waals surface area contributed by atoms with Crippen molar-refractivity contribution in [2.24, 2.45) is 4.99 Å². The maximum Gasteiger partial charge on any atom is 0.244 e. The fraction of sp³-hybridized carbons (Fsp3) is 0.833. The van der Waals surface area contributed by atoms with Crippen molar-refractivity contribution in [3.8, 4) is 0 Å². The van der Waals surface area contributed by atoms with E-state index in [0.717, 1.165) is 43.3 Å². The Morgan fingerprint density at radius 2 is 2.24 bits per heavy atom. The number of piperidine rings is 1. The van der Waals surface area contributed by atoms with Crippen LogP contribution < -0.4 is 5.32 Å². The highest BCUT2D eigenvalue weighted by Crippen LogP contribution is 2.15. The standard InChI is InChI=1S/C12H21N3OS/c1-2-10-9-17-12(14-10)13-8-11(16)15-6-4-3-5-7-15/h10H,2-9H2,1H3,(H,13,14). The van der Waals surface area contributed by atoms with Crippen molar-refractivity contribution >= 4 is 22.8 Å². The van der Waals surface area contributed by atoms with Gasteiger partial charge in [-0.1, -0.05) is 18.7 Å². The molecule has 0 aliphatic carbocycles. The summed E-state index contributed by atoms with van der Waals surface area (Å²) < 4.78 is 0. The normalized spacial score (nSPS) is 27.2. The van der Waals surface area contributed by atoms with Gasteiger partial charge in [0, 0.05) is 24.9 Å². The number of nitrogens with one attached hydrogen (secondary N) is 1. The smallest absolute Gasteiger partial charge is 0.244 e. The van der Waals surface area contributed by atoms with Crippen LogP contribution in [0.3, 0.4) is 0 Å². The van der Waals surface area contributed by atoms with E-state index in [9.17, 15) is 4.79 Å². The second-order valence-electron chi connectivity index (χ2n) is 4.62. The molecule has 0 aromatic carbocycles. The Bertz CT molecular complexity index is 300. The number of hydrogen-bond acceptors (Lipinski definition) is 3. The Morgan fingerprint density at radius 3 is 2.88 bits per heavy atom. The lowest BCUT2D eigenvalue weighted by Crippen LogP contribution is -2.37. The van der Waals surface area contributed by atoms with Crippen molar-refractivity contribution in [3.63, 3.8) is 0 Å². The highest BCUT2D eigenvalue weighted by atomic mass is 32.2. The van der Waals surface area contributed by atoms with E-state index in [1.807, 2.05) is 4.90 Å². The quantitative estimate of drug-likeness (QED) is 0.830. The van der Waals surface area contributed by atoms with Gasteiger partial charge >= 0.3 is 0 Å². The highest BCUT2D eigenvalue weighted by Gasteiger charge is 2.20. The highest BCUT2D eigenvalue weighted by molar-refractivity contribution is 8.14. The summed E-state index contributed by atoms with van der Waals surface area (Å²) in [7, 11) is 0. The summed E-state index contributed by atoms with van der Waals surface area (Å²) in [5.74, 6) is 1.26. The average Bonchev–Trinajstić information content (AvgIpc) is 2.85. The molecule has 2 aliphatic heterocycles. The van der Waals surface area contributed by atoms with Gasteiger partial charge in [-0.25, -0.2) is 0 Å². The van der Waals surface area contributed by atoms with Gasteiger partial charge < -0.3 is 10.2 Å². The van der Waals surface area contributed by atoms with E-state index in [1.165, 1.54) is 6.42 Å². The molecule has 1 amide bonds. The zero-order valence-corrected chi connectivity index (χ0v) is 11.3. The minimum atomic E-state index is 0.180. The summed E-state index contributed by atoms with van der Waals surface area (Å²) in [5, 5.41) is 4.29. The number of carbonyl (C=O) groups excluding carboxylic acids is 1. The number of thioether (sulfide) groups is 1. The van der Waals surface area contributed by atoms with Gasteiger partial charge in [0.25, 0.3) is 0 Å². The van der Waals surface area contributed by atoms with Gasteiger partial charge in [0.1, 0.15) is 6.54 Å². The van der Waals surface area contributed by atoms with Crippen molar-refractivity contribution in [2.45, 2.75) is 38.6 Å². The molecule has 5 heteroatoms. The summed E-state index contributed by atoms with van der Waals surface area (Å²) in [6.45, 7) is 4.31. The van der Waals surface area contributed by atoms with E-state index in [4.69, 9.17) is 0 Å². The molecule has 1 atom stereocenters. The van der Waals surface area contributed by atoms with Crippen LogP contribution in [0.1, 0.15) is 32.6 Å². The molecule has 2 heterocycles. The van der Waals surface area contributed by atoms with E-state index < -0.39 is 0 Å². The van der Waals surface area contributed by atoms with Gasteiger partial charge in [-0.3, -0.25) is 9.79 Å². The molecule has 17 heavy (non-hydrogen) atoms. The maximum atomic E-state index is 11.9. The predicted octanol–water partition coefficient (Wildman–Crippen LogP) is 1.47. The molecule has 0 bridgehead atoms. The fourth-order valence-corrected chi connectivity index (χ4v) is 3.22. The number of carbonyl (C=O) groups is 1. The molecule has 2 aliphatic rings. The Labute approximate surface area is 107 Å². The molecule has 0 saturated carbocycles. The fourth-order valence-electron chi connectivity index (χ4n) is 2.13. The van der Waals surface area contributed by atoms with E-state index in [1.54, 1.807) is 11.8 Å². The third-order valence-electron chi connectivity index (χ3n) is 3.31. The maximum absolute atomic E-state index is 11.9. The second kappa shape index (κ2) is 6.28. The van der Waals surface area contributed by atoms with Crippen LogP contribution in [0, 0.1) is 0 Å². The minimum Gasteiger partial charge on any atom is -0.361 e. The first kappa shape index (κ1) is 12.7. The first-order chi connectivity index (χ1) is 8.29.